The van der Waals surface area contributed by atoms with Gasteiger partial charge in [0.15, 0.2) is 5.16 Å². The number of benzene rings is 1. The lowest BCUT2D eigenvalue weighted by atomic mass is 10.3. The molecule has 0 atom stereocenters. The van der Waals surface area contributed by atoms with E-state index >= 15 is 0 Å². The van der Waals surface area contributed by atoms with Gasteiger partial charge in [0.1, 0.15) is 5.75 Å². The molecule has 0 aliphatic rings. The van der Waals surface area contributed by atoms with Crippen LogP contribution in [0.25, 0.3) is 0 Å². The van der Waals surface area contributed by atoms with Crippen molar-refractivity contribution in [3.63, 3.8) is 0 Å². The molecule has 0 spiro atoms. The van der Waals surface area contributed by atoms with Crippen molar-refractivity contribution in [2.24, 2.45) is 0 Å². The molecule has 1 amide bonds. The summed E-state index contributed by atoms with van der Waals surface area (Å²) < 4.78 is 5.39. The number of nitrogens with zero attached hydrogens (tertiary/aromatic N) is 2. The van der Waals surface area contributed by atoms with Crippen LogP contribution in [-0.2, 0) is 4.79 Å². The smallest absolute Gasteiger partial charge is 0.234 e. The number of thioether (sulfide) groups is 1. The van der Waals surface area contributed by atoms with Gasteiger partial charge in [0.05, 0.1) is 12.4 Å². The van der Waals surface area contributed by atoms with Crippen LogP contribution in [0.2, 0.25) is 0 Å². The van der Waals surface area contributed by atoms with Gasteiger partial charge in [-0.05, 0) is 32.0 Å². The molecule has 0 saturated carbocycles. The molecule has 21 heavy (non-hydrogen) atoms. The molecule has 1 aromatic heterocycles. The molecule has 1 heterocycles. The summed E-state index contributed by atoms with van der Waals surface area (Å²) in [6.45, 7) is 4.41. The van der Waals surface area contributed by atoms with Crippen LogP contribution in [0.1, 0.15) is 12.6 Å². The van der Waals surface area contributed by atoms with E-state index in [2.05, 4.69) is 15.3 Å². The number of nitrogens with one attached hydrogen (secondary N) is 1. The van der Waals surface area contributed by atoms with Crippen LogP contribution < -0.4 is 10.1 Å². The topological polar surface area (TPSA) is 64.1 Å². The average Bonchev–Trinajstić information content (AvgIpc) is 2.46. The quantitative estimate of drug-likeness (QED) is 0.656. The summed E-state index contributed by atoms with van der Waals surface area (Å²) in [7, 11) is 0. The molecule has 1 aromatic carbocycles. The van der Waals surface area contributed by atoms with Crippen molar-refractivity contribution >= 4 is 23.4 Å². The van der Waals surface area contributed by atoms with Gasteiger partial charge in [-0.3, -0.25) is 4.79 Å². The zero-order valence-corrected chi connectivity index (χ0v) is 12.8. The van der Waals surface area contributed by atoms with Gasteiger partial charge in [0, 0.05) is 23.6 Å². The third-order valence-corrected chi connectivity index (χ3v) is 3.40. The number of ether oxygens (including phenoxy) is 1. The SMILES string of the molecule is CCOc1cccc(NC(=O)CSc2nccc(C)n2)c1. The standard InChI is InChI=1S/C15H17N3O2S/c1-3-20-13-6-4-5-12(9-13)18-14(19)10-21-15-16-8-7-11(2)17-15/h4-9H,3,10H2,1-2H3,(H,18,19). The van der Waals surface area contributed by atoms with Crippen LogP contribution in [0.3, 0.4) is 0 Å². The second kappa shape index (κ2) is 7.64. The molecule has 0 saturated heterocycles. The molecule has 0 bridgehead atoms. The minimum atomic E-state index is -0.0984. The van der Waals surface area contributed by atoms with Crippen LogP contribution in [0.4, 0.5) is 5.69 Å². The Bertz CT molecular complexity index is 619. The van der Waals surface area contributed by atoms with Crippen molar-refractivity contribution in [2.75, 3.05) is 17.7 Å². The predicted molar refractivity (Wildman–Crippen MR) is 83.7 cm³/mol. The zero-order valence-electron chi connectivity index (χ0n) is 12.0. The highest BCUT2D eigenvalue weighted by atomic mass is 32.2. The van der Waals surface area contributed by atoms with E-state index in [-0.39, 0.29) is 11.7 Å². The van der Waals surface area contributed by atoms with Crippen molar-refractivity contribution in [1.29, 1.82) is 0 Å². The second-order valence-corrected chi connectivity index (χ2v) is 5.22. The number of rotatable bonds is 6. The van der Waals surface area contributed by atoms with E-state index < -0.39 is 0 Å². The average molecular weight is 303 g/mol. The number of aryl methyl sites for hydroxylation is 1. The summed E-state index contributed by atoms with van der Waals surface area (Å²) in [5.41, 5.74) is 1.61. The molecule has 1 N–H and O–H groups in total. The Hall–Kier alpha value is -2.08. The molecule has 0 radical (unpaired) electrons. The molecule has 0 fully saturated rings. The third kappa shape index (κ3) is 5.07. The Kier molecular flexibility index (Phi) is 5.57. The van der Waals surface area contributed by atoms with Crippen LogP contribution in [0.15, 0.2) is 41.7 Å². The van der Waals surface area contributed by atoms with Crippen LogP contribution >= 0.6 is 11.8 Å². The minimum absolute atomic E-state index is 0.0984. The first-order valence-electron chi connectivity index (χ1n) is 6.62. The van der Waals surface area contributed by atoms with E-state index in [4.69, 9.17) is 4.74 Å². The molecule has 110 valence electrons. The lowest BCUT2D eigenvalue weighted by molar-refractivity contribution is -0.113. The normalized spacial score (nSPS) is 10.2. The van der Waals surface area contributed by atoms with E-state index in [9.17, 15) is 4.79 Å². The Morgan fingerprint density at radius 2 is 2.24 bits per heavy atom. The van der Waals surface area contributed by atoms with Gasteiger partial charge in [-0.25, -0.2) is 9.97 Å². The molecule has 2 rings (SSSR count). The van der Waals surface area contributed by atoms with Gasteiger partial charge in [0.25, 0.3) is 0 Å². The molecule has 0 unspecified atom stereocenters. The number of hydrogen-bond acceptors (Lipinski definition) is 5. The summed E-state index contributed by atoms with van der Waals surface area (Å²) in [4.78, 5) is 20.3. The van der Waals surface area contributed by atoms with E-state index in [1.54, 1.807) is 12.3 Å². The van der Waals surface area contributed by atoms with Crippen molar-refractivity contribution in [3.8, 4) is 5.75 Å². The Balaban J connectivity index is 1.88. The summed E-state index contributed by atoms with van der Waals surface area (Å²) in [6, 6.07) is 9.15. The second-order valence-electron chi connectivity index (χ2n) is 4.28. The molecular formula is C15H17N3O2S. The number of hydrogen-bond donors (Lipinski definition) is 1. The molecule has 0 aliphatic carbocycles. The number of anilines is 1. The van der Waals surface area contributed by atoms with E-state index in [0.29, 0.717) is 11.8 Å². The fourth-order valence-electron chi connectivity index (χ4n) is 1.65. The summed E-state index contributed by atoms with van der Waals surface area (Å²) in [5, 5.41) is 3.44. The fourth-order valence-corrected chi connectivity index (χ4v) is 2.33. The molecular weight excluding hydrogens is 286 g/mol. The summed E-state index contributed by atoms with van der Waals surface area (Å²) >= 11 is 1.31. The maximum absolute atomic E-state index is 11.9. The van der Waals surface area contributed by atoms with E-state index in [1.807, 2.05) is 38.1 Å². The first kappa shape index (κ1) is 15.3. The lowest BCUT2D eigenvalue weighted by Gasteiger charge is -2.07. The summed E-state index contributed by atoms with van der Waals surface area (Å²) in [6.07, 6.45) is 1.69. The van der Waals surface area contributed by atoms with Crippen LogP contribution in [0, 0.1) is 6.92 Å². The maximum atomic E-state index is 11.9. The van der Waals surface area contributed by atoms with Crippen molar-refractivity contribution in [2.45, 2.75) is 19.0 Å². The number of carbonyl (C=O) groups is 1. The Morgan fingerprint density at radius 1 is 1.38 bits per heavy atom. The molecule has 5 nitrogen and oxygen atoms in total. The first-order valence-corrected chi connectivity index (χ1v) is 7.61. The van der Waals surface area contributed by atoms with Crippen LogP contribution in [-0.4, -0.2) is 28.2 Å². The number of aromatic nitrogens is 2. The number of amides is 1. The largest absolute Gasteiger partial charge is 0.494 e. The highest BCUT2D eigenvalue weighted by molar-refractivity contribution is 7.99. The highest BCUT2D eigenvalue weighted by Gasteiger charge is 2.06. The van der Waals surface area contributed by atoms with Gasteiger partial charge in [-0.2, -0.15) is 0 Å². The van der Waals surface area contributed by atoms with Gasteiger partial charge in [-0.15, -0.1) is 0 Å². The summed E-state index contributed by atoms with van der Waals surface area (Å²) in [5.74, 6) is 0.909. The zero-order chi connectivity index (χ0) is 15.1. The van der Waals surface area contributed by atoms with E-state index in [0.717, 1.165) is 17.1 Å². The third-order valence-electron chi connectivity index (χ3n) is 2.53. The van der Waals surface area contributed by atoms with Crippen molar-refractivity contribution < 1.29 is 9.53 Å². The fraction of sp³-hybridized carbons (Fsp3) is 0.267. The van der Waals surface area contributed by atoms with Gasteiger partial charge < -0.3 is 10.1 Å². The van der Waals surface area contributed by atoms with Crippen molar-refractivity contribution in [1.82, 2.24) is 9.97 Å². The first-order chi connectivity index (χ1) is 10.2. The van der Waals surface area contributed by atoms with E-state index in [1.165, 1.54) is 11.8 Å². The molecule has 2 aromatic rings. The lowest BCUT2D eigenvalue weighted by Crippen LogP contribution is -2.14. The predicted octanol–water partition coefficient (Wildman–Crippen LogP) is 2.91. The number of carbonyl (C=O) groups excluding carboxylic acids is 1. The maximum Gasteiger partial charge on any atom is 0.234 e. The Labute approximate surface area is 128 Å². The van der Waals surface area contributed by atoms with Gasteiger partial charge in [0.2, 0.25) is 5.91 Å². The monoisotopic (exact) mass is 303 g/mol. The highest BCUT2D eigenvalue weighted by Crippen LogP contribution is 2.18. The molecule has 6 heteroatoms. The Morgan fingerprint density at radius 3 is 3.00 bits per heavy atom. The van der Waals surface area contributed by atoms with Gasteiger partial charge in [-0.1, -0.05) is 17.8 Å². The van der Waals surface area contributed by atoms with Gasteiger partial charge >= 0.3 is 0 Å². The van der Waals surface area contributed by atoms with Crippen molar-refractivity contribution in [3.05, 3.63) is 42.2 Å². The van der Waals surface area contributed by atoms with Crippen LogP contribution in [0.5, 0.6) is 5.75 Å². The minimum Gasteiger partial charge on any atom is -0.494 e. The molecule has 0 aliphatic heterocycles.